The lowest BCUT2D eigenvalue weighted by Crippen LogP contribution is -2.38. The van der Waals surface area contributed by atoms with Crippen LogP contribution >= 0.6 is 0 Å². The van der Waals surface area contributed by atoms with Crippen molar-refractivity contribution < 1.29 is 24.1 Å². The van der Waals surface area contributed by atoms with E-state index in [1.807, 2.05) is 37.3 Å². The summed E-state index contributed by atoms with van der Waals surface area (Å²) < 4.78 is 17.3. The van der Waals surface area contributed by atoms with Crippen LogP contribution in [0.15, 0.2) is 67.4 Å². The Bertz CT molecular complexity index is 1240. The molecule has 2 heterocycles. The van der Waals surface area contributed by atoms with Crippen LogP contribution in [0.5, 0.6) is 11.5 Å². The van der Waals surface area contributed by atoms with Gasteiger partial charge in [-0.2, -0.15) is 0 Å². The van der Waals surface area contributed by atoms with E-state index in [0.717, 1.165) is 41.2 Å². The van der Waals surface area contributed by atoms with Gasteiger partial charge in [-0.3, -0.25) is 0 Å². The number of nitrogens with zero attached hydrogens (tertiary/aromatic N) is 3. The smallest absolute Gasteiger partial charge is 0.407 e. The molecule has 0 saturated carbocycles. The zero-order chi connectivity index (χ0) is 27.1. The van der Waals surface area contributed by atoms with E-state index in [4.69, 9.17) is 14.2 Å². The normalized spacial score (nSPS) is 15.2. The predicted molar refractivity (Wildman–Crippen MR) is 145 cm³/mol. The first-order valence-corrected chi connectivity index (χ1v) is 12.9. The van der Waals surface area contributed by atoms with Crippen LogP contribution in [-0.4, -0.2) is 51.9 Å². The summed E-state index contributed by atoms with van der Waals surface area (Å²) in [5, 5.41) is 9.31. The Kier molecular flexibility index (Phi) is 8.51. The van der Waals surface area contributed by atoms with Crippen LogP contribution < -0.4 is 9.47 Å². The molecule has 0 unspecified atom stereocenters. The molecule has 2 aromatic carbocycles. The molecular formula is C30H35N3O5. The molecule has 0 spiro atoms. The summed E-state index contributed by atoms with van der Waals surface area (Å²) in [5.74, 6) is 2.39. The van der Waals surface area contributed by atoms with Gasteiger partial charge in [0.05, 0.1) is 18.3 Å². The molecule has 1 fully saturated rings. The van der Waals surface area contributed by atoms with Crippen molar-refractivity contribution in [3.05, 3.63) is 90.0 Å². The molecule has 1 atom stereocenters. The van der Waals surface area contributed by atoms with Gasteiger partial charge in [0.15, 0.2) is 11.6 Å². The third-order valence-corrected chi connectivity index (χ3v) is 6.89. The lowest BCUT2D eigenvalue weighted by atomic mass is 9.78. The first kappa shape index (κ1) is 27.0. The Labute approximate surface area is 223 Å². The molecule has 1 aliphatic heterocycles. The average Bonchev–Trinajstić information content (AvgIpc) is 3.41. The SMILES string of the molecule is C=C(OCC)c1nccc(COc2ccc(C(C)(C)c3ccc(OC[C@H]4CCCN4C(=O)O)cc3)cc2)n1. The van der Waals surface area contributed by atoms with Crippen molar-refractivity contribution in [2.45, 2.75) is 51.7 Å². The van der Waals surface area contributed by atoms with Gasteiger partial charge in [0.2, 0.25) is 0 Å². The van der Waals surface area contributed by atoms with Crippen LogP contribution in [-0.2, 0) is 16.8 Å². The third kappa shape index (κ3) is 6.43. The number of hydrogen-bond donors (Lipinski definition) is 1. The highest BCUT2D eigenvalue weighted by atomic mass is 16.5. The molecule has 1 saturated heterocycles. The quantitative estimate of drug-likeness (QED) is 0.316. The summed E-state index contributed by atoms with van der Waals surface area (Å²) in [6.07, 6.45) is 2.51. The van der Waals surface area contributed by atoms with Crippen LogP contribution in [0.1, 0.15) is 56.3 Å². The Hall–Kier alpha value is -4.07. The fourth-order valence-corrected chi connectivity index (χ4v) is 4.56. The standard InChI is InChI=1S/C30H35N3O5/c1-5-36-21(2)28-31-17-16-24(32-28)19-37-26-12-8-22(9-13-26)30(3,4)23-10-14-27(15-11-23)38-20-25-7-6-18-33(25)29(34)35/h8-17,25H,2,5-7,18-20H2,1,3-4H3,(H,34,35)/t25-/m1/s1. The molecule has 1 amide bonds. The Morgan fingerprint density at radius 1 is 1.05 bits per heavy atom. The fourth-order valence-electron chi connectivity index (χ4n) is 4.56. The van der Waals surface area contributed by atoms with Crippen molar-refractivity contribution in [2.75, 3.05) is 19.8 Å². The number of hydrogen-bond acceptors (Lipinski definition) is 6. The Morgan fingerprint density at radius 2 is 1.68 bits per heavy atom. The summed E-state index contributed by atoms with van der Waals surface area (Å²) in [7, 11) is 0. The molecule has 0 bridgehead atoms. The Balaban J connectivity index is 1.34. The summed E-state index contributed by atoms with van der Waals surface area (Å²) in [5.41, 5.74) is 2.81. The lowest BCUT2D eigenvalue weighted by molar-refractivity contribution is 0.123. The molecule has 0 radical (unpaired) electrons. The molecule has 1 aliphatic rings. The summed E-state index contributed by atoms with van der Waals surface area (Å²) in [6, 6.07) is 17.8. The number of carbonyl (C=O) groups is 1. The minimum absolute atomic E-state index is 0.0877. The van der Waals surface area contributed by atoms with Crippen molar-refractivity contribution in [2.24, 2.45) is 0 Å². The number of carboxylic acid groups (broad SMARTS) is 1. The van der Waals surface area contributed by atoms with Crippen molar-refractivity contribution in [1.82, 2.24) is 14.9 Å². The van der Waals surface area contributed by atoms with Crippen molar-refractivity contribution in [3.8, 4) is 11.5 Å². The highest BCUT2D eigenvalue weighted by Gasteiger charge is 2.29. The van der Waals surface area contributed by atoms with E-state index < -0.39 is 6.09 Å². The summed E-state index contributed by atoms with van der Waals surface area (Å²) >= 11 is 0. The van der Waals surface area contributed by atoms with Gasteiger partial charge in [0, 0.05) is 18.2 Å². The fraction of sp³-hybridized carbons (Fsp3) is 0.367. The molecule has 3 aromatic rings. The largest absolute Gasteiger partial charge is 0.491 e. The highest BCUT2D eigenvalue weighted by Crippen LogP contribution is 2.33. The monoisotopic (exact) mass is 517 g/mol. The Morgan fingerprint density at radius 3 is 2.29 bits per heavy atom. The average molecular weight is 518 g/mol. The molecule has 4 rings (SSSR count). The number of benzene rings is 2. The van der Waals surface area contributed by atoms with E-state index in [9.17, 15) is 9.90 Å². The minimum Gasteiger partial charge on any atom is -0.491 e. The molecular weight excluding hydrogens is 482 g/mol. The molecule has 1 aromatic heterocycles. The van der Waals surface area contributed by atoms with Gasteiger partial charge in [-0.15, -0.1) is 0 Å². The second-order valence-electron chi connectivity index (χ2n) is 9.77. The second kappa shape index (κ2) is 12.0. The van der Waals surface area contributed by atoms with E-state index in [1.165, 1.54) is 4.90 Å². The minimum atomic E-state index is -0.878. The van der Waals surface area contributed by atoms with Crippen LogP contribution in [0.25, 0.3) is 5.76 Å². The van der Waals surface area contributed by atoms with Crippen molar-refractivity contribution >= 4 is 11.9 Å². The van der Waals surface area contributed by atoms with E-state index in [-0.39, 0.29) is 11.5 Å². The van der Waals surface area contributed by atoms with Gasteiger partial charge < -0.3 is 24.2 Å². The van der Waals surface area contributed by atoms with E-state index in [2.05, 4.69) is 54.7 Å². The zero-order valence-corrected chi connectivity index (χ0v) is 22.2. The van der Waals surface area contributed by atoms with E-state index >= 15 is 0 Å². The van der Waals surface area contributed by atoms with Crippen LogP contribution in [0.2, 0.25) is 0 Å². The van der Waals surface area contributed by atoms with Gasteiger partial charge in [0.1, 0.15) is 24.7 Å². The number of amides is 1. The molecule has 8 heteroatoms. The molecule has 200 valence electrons. The first-order valence-electron chi connectivity index (χ1n) is 12.9. The number of ether oxygens (including phenoxy) is 3. The number of likely N-dealkylation sites (tertiary alicyclic amines) is 1. The first-order chi connectivity index (χ1) is 18.3. The number of rotatable bonds is 11. The van der Waals surface area contributed by atoms with Gasteiger partial charge in [0.25, 0.3) is 0 Å². The van der Waals surface area contributed by atoms with Crippen LogP contribution in [0.3, 0.4) is 0 Å². The van der Waals surface area contributed by atoms with Gasteiger partial charge in [-0.1, -0.05) is 44.7 Å². The van der Waals surface area contributed by atoms with Gasteiger partial charge >= 0.3 is 6.09 Å². The van der Waals surface area contributed by atoms with E-state index in [0.29, 0.717) is 37.9 Å². The zero-order valence-electron chi connectivity index (χ0n) is 22.2. The third-order valence-electron chi connectivity index (χ3n) is 6.89. The van der Waals surface area contributed by atoms with Crippen molar-refractivity contribution in [1.29, 1.82) is 0 Å². The topological polar surface area (TPSA) is 94.0 Å². The molecule has 8 nitrogen and oxygen atoms in total. The van der Waals surface area contributed by atoms with Gasteiger partial charge in [-0.25, -0.2) is 14.8 Å². The lowest BCUT2D eigenvalue weighted by Gasteiger charge is -2.27. The number of aromatic nitrogens is 2. The maximum atomic E-state index is 11.3. The van der Waals surface area contributed by atoms with E-state index in [1.54, 1.807) is 6.20 Å². The van der Waals surface area contributed by atoms with Crippen LogP contribution in [0, 0.1) is 0 Å². The summed E-state index contributed by atoms with van der Waals surface area (Å²) in [6.45, 7) is 11.9. The molecule has 1 N–H and O–H groups in total. The summed E-state index contributed by atoms with van der Waals surface area (Å²) in [4.78, 5) is 21.5. The predicted octanol–water partition coefficient (Wildman–Crippen LogP) is 5.91. The highest BCUT2D eigenvalue weighted by molar-refractivity contribution is 5.65. The van der Waals surface area contributed by atoms with Gasteiger partial charge in [-0.05, 0) is 61.2 Å². The van der Waals surface area contributed by atoms with Crippen molar-refractivity contribution in [3.63, 3.8) is 0 Å². The maximum Gasteiger partial charge on any atom is 0.407 e. The molecule has 0 aliphatic carbocycles. The van der Waals surface area contributed by atoms with Crippen LogP contribution in [0.4, 0.5) is 4.79 Å². The maximum absolute atomic E-state index is 11.3. The second-order valence-corrected chi connectivity index (χ2v) is 9.77. The molecule has 38 heavy (non-hydrogen) atoms.